The van der Waals surface area contributed by atoms with Gasteiger partial charge in [-0.25, -0.2) is 0 Å². The van der Waals surface area contributed by atoms with Crippen molar-refractivity contribution >= 4 is 22.9 Å². The summed E-state index contributed by atoms with van der Waals surface area (Å²) in [6.07, 6.45) is 7.49. The van der Waals surface area contributed by atoms with Gasteiger partial charge in [0.05, 0.1) is 17.2 Å². The molecule has 0 saturated carbocycles. The Morgan fingerprint density at radius 1 is 1.29 bits per heavy atom. The minimum atomic E-state index is -0.106. The number of aromatic nitrogens is 1. The van der Waals surface area contributed by atoms with Crippen molar-refractivity contribution in [3.05, 3.63) is 50.1 Å². The summed E-state index contributed by atoms with van der Waals surface area (Å²) in [4.78, 5) is 26.4. The van der Waals surface area contributed by atoms with Crippen LogP contribution in [-0.2, 0) is 24.1 Å². The maximum Gasteiger partial charge on any atom is 0.265 e. The summed E-state index contributed by atoms with van der Waals surface area (Å²) in [5, 5.41) is 2.90. The average Bonchev–Trinajstić information content (AvgIpc) is 2.86. The van der Waals surface area contributed by atoms with Crippen molar-refractivity contribution in [3.8, 4) is 0 Å². The summed E-state index contributed by atoms with van der Waals surface area (Å²) >= 11 is 1.60. The molecule has 0 unspecified atom stereocenters. The van der Waals surface area contributed by atoms with Crippen LogP contribution in [0.15, 0.2) is 29.2 Å². The third-order valence-electron chi connectivity index (χ3n) is 4.25. The Bertz CT molecular complexity index is 755. The number of hydrogen-bond acceptors (Lipinski definition) is 4. The van der Waals surface area contributed by atoms with E-state index in [0.29, 0.717) is 18.8 Å². The Hall–Kier alpha value is -1.92. The van der Waals surface area contributed by atoms with Crippen LogP contribution in [0.1, 0.15) is 39.4 Å². The van der Waals surface area contributed by atoms with Crippen LogP contribution in [0.25, 0.3) is 0 Å². The highest BCUT2D eigenvalue weighted by Crippen LogP contribution is 2.29. The Labute approximate surface area is 145 Å². The number of carbonyl (C=O) groups excluding carboxylic acids is 1. The fraction of sp³-hybridized carbons (Fsp3) is 0.444. The highest BCUT2D eigenvalue weighted by Gasteiger charge is 2.16. The number of thiophene rings is 1. The Kier molecular flexibility index (Phi) is 5.48. The first-order valence-corrected chi connectivity index (χ1v) is 9.11. The number of fused-ring (bicyclic) bond motifs is 1. The van der Waals surface area contributed by atoms with E-state index >= 15 is 0 Å². The molecule has 0 fully saturated rings. The summed E-state index contributed by atoms with van der Waals surface area (Å²) in [6.45, 7) is 0.918. The van der Waals surface area contributed by atoms with Gasteiger partial charge in [-0.3, -0.25) is 9.59 Å². The Balaban J connectivity index is 1.74. The Morgan fingerprint density at radius 3 is 2.96 bits per heavy atom. The van der Waals surface area contributed by atoms with Gasteiger partial charge < -0.3 is 14.6 Å². The fourth-order valence-electron chi connectivity index (χ4n) is 2.94. The first kappa shape index (κ1) is 16.9. The molecule has 0 aromatic carbocycles. The molecular formula is C18H22N2O3S. The van der Waals surface area contributed by atoms with Crippen molar-refractivity contribution in [3.63, 3.8) is 0 Å². The monoisotopic (exact) mass is 346 g/mol. The van der Waals surface area contributed by atoms with Crippen LogP contribution in [0.5, 0.6) is 0 Å². The van der Waals surface area contributed by atoms with Crippen molar-refractivity contribution < 1.29 is 9.53 Å². The summed E-state index contributed by atoms with van der Waals surface area (Å²) in [7, 11) is 1.59. The molecule has 24 heavy (non-hydrogen) atoms. The molecule has 3 rings (SSSR count). The van der Waals surface area contributed by atoms with Crippen molar-refractivity contribution in [2.24, 2.45) is 0 Å². The number of nitrogens with one attached hydrogen (secondary N) is 1. The summed E-state index contributed by atoms with van der Waals surface area (Å²) in [6, 6.07) is 5.14. The van der Waals surface area contributed by atoms with Gasteiger partial charge in [0.15, 0.2) is 0 Å². The van der Waals surface area contributed by atoms with Gasteiger partial charge in [0, 0.05) is 30.8 Å². The second kappa shape index (κ2) is 7.77. The molecule has 2 heterocycles. The molecule has 128 valence electrons. The molecule has 1 amide bonds. The number of carbonyl (C=O) groups is 1. The number of ether oxygens (including phenoxy) is 1. The molecule has 1 aliphatic carbocycles. The quantitative estimate of drug-likeness (QED) is 0.847. The number of amides is 1. The largest absolute Gasteiger partial charge is 0.383 e. The van der Waals surface area contributed by atoms with Crippen LogP contribution in [0, 0.1) is 0 Å². The first-order chi connectivity index (χ1) is 11.7. The summed E-state index contributed by atoms with van der Waals surface area (Å²) in [5.74, 6) is -0.106. The van der Waals surface area contributed by atoms with Gasteiger partial charge in [0.2, 0.25) is 0 Å². The lowest BCUT2D eigenvalue weighted by Crippen LogP contribution is -2.22. The van der Waals surface area contributed by atoms with Gasteiger partial charge in [-0.05, 0) is 43.4 Å². The topological polar surface area (TPSA) is 60.3 Å². The van der Waals surface area contributed by atoms with Gasteiger partial charge in [-0.2, -0.15) is 0 Å². The van der Waals surface area contributed by atoms with Gasteiger partial charge >= 0.3 is 0 Å². The molecule has 0 saturated heterocycles. The van der Waals surface area contributed by atoms with E-state index in [9.17, 15) is 9.59 Å². The highest BCUT2D eigenvalue weighted by molar-refractivity contribution is 7.14. The Morgan fingerprint density at radius 2 is 2.12 bits per heavy atom. The molecule has 0 aliphatic heterocycles. The van der Waals surface area contributed by atoms with Crippen LogP contribution in [0.2, 0.25) is 0 Å². The van der Waals surface area contributed by atoms with Crippen molar-refractivity contribution in [2.45, 2.75) is 38.6 Å². The molecule has 0 atom stereocenters. The van der Waals surface area contributed by atoms with Crippen LogP contribution < -0.4 is 10.9 Å². The zero-order valence-corrected chi connectivity index (χ0v) is 14.7. The lowest BCUT2D eigenvalue weighted by atomic mass is 10.1. The molecule has 1 aliphatic rings. The number of pyridine rings is 1. The molecule has 2 aromatic heterocycles. The van der Waals surface area contributed by atoms with Gasteiger partial charge in [0.25, 0.3) is 11.5 Å². The summed E-state index contributed by atoms with van der Waals surface area (Å²) in [5.41, 5.74) is 1.85. The van der Waals surface area contributed by atoms with Gasteiger partial charge in [-0.15, -0.1) is 11.3 Å². The number of anilines is 1. The van der Waals surface area contributed by atoms with Crippen LogP contribution in [-0.4, -0.2) is 24.2 Å². The number of aryl methyl sites for hydroxylation is 2. The molecule has 5 nitrogen and oxygen atoms in total. The maximum absolute atomic E-state index is 12.5. The third kappa shape index (κ3) is 3.94. The molecule has 1 N–H and O–H groups in total. The predicted octanol–water partition coefficient (Wildman–Crippen LogP) is 3.08. The lowest BCUT2D eigenvalue weighted by Gasteiger charge is -2.08. The van der Waals surface area contributed by atoms with E-state index in [1.165, 1.54) is 35.8 Å². The van der Waals surface area contributed by atoms with Crippen LogP contribution >= 0.6 is 11.3 Å². The summed E-state index contributed by atoms with van der Waals surface area (Å²) < 4.78 is 6.55. The minimum absolute atomic E-state index is 0.104. The normalized spacial score (nSPS) is 14.0. The predicted molar refractivity (Wildman–Crippen MR) is 96.1 cm³/mol. The molecule has 6 heteroatoms. The average molecular weight is 346 g/mol. The zero-order chi connectivity index (χ0) is 16.9. The van der Waals surface area contributed by atoms with Crippen LogP contribution in [0.4, 0.5) is 5.69 Å². The van der Waals surface area contributed by atoms with Crippen molar-refractivity contribution in [1.82, 2.24) is 4.57 Å². The third-order valence-corrected chi connectivity index (χ3v) is 5.48. The molecule has 0 bridgehead atoms. The van der Waals surface area contributed by atoms with E-state index in [1.54, 1.807) is 35.3 Å². The minimum Gasteiger partial charge on any atom is -0.383 e. The molecule has 0 spiro atoms. The number of hydrogen-bond donors (Lipinski definition) is 1. The standard InChI is InChI=1S/C18H22N2O3S/c1-23-10-9-20-12-14(7-8-17(20)21)19-18(22)16-11-13-5-3-2-4-6-15(13)24-16/h7-8,11-12H,2-6,9-10H2,1H3,(H,19,22). The lowest BCUT2D eigenvalue weighted by molar-refractivity contribution is 0.103. The van der Waals surface area contributed by atoms with E-state index in [2.05, 4.69) is 5.32 Å². The van der Waals surface area contributed by atoms with E-state index in [4.69, 9.17) is 4.74 Å². The smallest absolute Gasteiger partial charge is 0.265 e. The SMILES string of the molecule is COCCn1cc(NC(=O)c2cc3c(s2)CCCCC3)ccc1=O. The number of nitrogens with zero attached hydrogens (tertiary/aromatic N) is 1. The zero-order valence-electron chi connectivity index (χ0n) is 13.8. The van der Waals surface area contributed by atoms with E-state index in [-0.39, 0.29) is 11.5 Å². The number of methoxy groups -OCH3 is 1. The van der Waals surface area contributed by atoms with E-state index in [1.807, 2.05) is 6.07 Å². The molecule has 2 aromatic rings. The van der Waals surface area contributed by atoms with E-state index in [0.717, 1.165) is 17.7 Å². The molecule has 0 radical (unpaired) electrons. The van der Waals surface area contributed by atoms with Gasteiger partial charge in [0.1, 0.15) is 0 Å². The second-order valence-electron chi connectivity index (χ2n) is 6.02. The van der Waals surface area contributed by atoms with Gasteiger partial charge in [-0.1, -0.05) is 6.42 Å². The van der Waals surface area contributed by atoms with E-state index < -0.39 is 0 Å². The fourth-order valence-corrected chi connectivity index (χ4v) is 4.09. The van der Waals surface area contributed by atoms with Crippen LogP contribution in [0.3, 0.4) is 0 Å². The number of rotatable bonds is 5. The maximum atomic E-state index is 12.5. The first-order valence-electron chi connectivity index (χ1n) is 8.30. The molecular weight excluding hydrogens is 324 g/mol. The highest BCUT2D eigenvalue weighted by atomic mass is 32.1. The van der Waals surface area contributed by atoms with Crippen molar-refractivity contribution in [2.75, 3.05) is 19.0 Å². The van der Waals surface area contributed by atoms with Crippen molar-refractivity contribution in [1.29, 1.82) is 0 Å². The second-order valence-corrected chi connectivity index (χ2v) is 7.15.